The molecule has 1 amide bonds. The fourth-order valence-corrected chi connectivity index (χ4v) is 4.20. The second kappa shape index (κ2) is 8.64. The predicted molar refractivity (Wildman–Crippen MR) is 131 cm³/mol. The highest BCUT2D eigenvalue weighted by atomic mass is 16.5. The molecule has 0 aliphatic carbocycles. The number of phenols is 1. The minimum Gasteiger partial charge on any atom is -0.508 e. The standard InChI is InChI=1S/C27H23N3O5/c1-15(2)35-19-13-9-17(10-14-19)24(32)22-23(16-7-11-18(31)12-8-16)30(26(34)25(22)33)27-28-20-5-3-4-6-21(20)29-27/h3-15,23,31-32H,1-2H3,(H,28,29)/b24-22+. The molecule has 35 heavy (non-hydrogen) atoms. The van der Waals surface area contributed by atoms with Crippen LogP contribution in [0.25, 0.3) is 16.8 Å². The molecule has 0 bridgehead atoms. The minimum absolute atomic E-state index is 0.0157. The quantitative estimate of drug-likeness (QED) is 0.222. The fourth-order valence-electron chi connectivity index (χ4n) is 4.20. The molecule has 176 valence electrons. The lowest BCUT2D eigenvalue weighted by molar-refractivity contribution is -0.132. The number of H-pyrrole nitrogens is 1. The maximum absolute atomic E-state index is 13.3. The van der Waals surface area contributed by atoms with E-state index in [-0.39, 0.29) is 29.1 Å². The molecule has 0 spiro atoms. The number of fused-ring (bicyclic) bond motifs is 1. The molecule has 0 radical (unpaired) electrons. The summed E-state index contributed by atoms with van der Waals surface area (Å²) in [5.41, 5.74) is 2.17. The van der Waals surface area contributed by atoms with Crippen molar-refractivity contribution in [2.75, 3.05) is 4.90 Å². The van der Waals surface area contributed by atoms with Gasteiger partial charge in [0.05, 0.1) is 28.8 Å². The van der Waals surface area contributed by atoms with Crippen molar-refractivity contribution in [2.24, 2.45) is 0 Å². The lowest BCUT2D eigenvalue weighted by Gasteiger charge is -2.23. The number of amides is 1. The molecule has 5 rings (SSSR count). The number of ether oxygens (including phenoxy) is 1. The van der Waals surface area contributed by atoms with Gasteiger partial charge < -0.3 is 19.9 Å². The number of nitrogens with one attached hydrogen (secondary N) is 1. The molecule has 2 heterocycles. The van der Waals surface area contributed by atoms with Gasteiger partial charge in [0.2, 0.25) is 5.95 Å². The van der Waals surface area contributed by atoms with Crippen molar-refractivity contribution in [3.8, 4) is 11.5 Å². The van der Waals surface area contributed by atoms with E-state index in [0.717, 1.165) is 0 Å². The highest BCUT2D eigenvalue weighted by Gasteiger charge is 2.48. The van der Waals surface area contributed by atoms with Crippen LogP contribution in [0.3, 0.4) is 0 Å². The van der Waals surface area contributed by atoms with Gasteiger partial charge in [-0.05, 0) is 67.9 Å². The first-order chi connectivity index (χ1) is 16.8. The van der Waals surface area contributed by atoms with Gasteiger partial charge in [-0.2, -0.15) is 0 Å². The Morgan fingerprint density at radius 1 is 1.00 bits per heavy atom. The average molecular weight is 469 g/mol. The number of Topliss-reactive ketones (excluding diaryl/α,β-unsaturated/α-hetero) is 1. The summed E-state index contributed by atoms with van der Waals surface area (Å²) in [6.45, 7) is 3.82. The maximum Gasteiger partial charge on any atom is 0.302 e. The second-order valence-corrected chi connectivity index (χ2v) is 8.53. The number of benzene rings is 3. The Bertz CT molecular complexity index is 1420. The summed E-state index contributed by atoms with van der Waals surface area (Å²) < 4.78 is 5.65. The first kappa shape index (κ1) is 22.2. The van der Waals surface area contributed by atoms with E-state index >= 15 is 0 Å². The van der Waals surface area contributed by atoms with Crippen LogP contribution in [-0.2, 0) is 9.59 Å². The van der Waals surface area contributed by atoms with Gasteiger partial charge in [0.25, 0.3) is 5.78 Å². The van der Waals surface area contributed by atoms with Crippen LogP contribution in [0.4, 0.5) is 5.95 Å². The van der Waals surface area contributed by atoms with Crippen LogP contribution in [0.2, 0.25) is 0 Å². The first-order valence-electron chi connectivity index (χ1n) is 11.2. The predicted octanol–water partition coefficient (Wildman–Crippen LogP) is 4.68. The number of rotatable bonds is 5. The zero-order chi connectivity index (χ0) is 24.7. The summed E-state index contributed by atoms with van der Waals surface area (Å²) in [5.74, 6) is -1.11. The zero-order valence-electron chi connectivity index (χ0n) is 19.1. The summed E-state index contributed by atoms with van der Waals surface area (Å²) >= 11 is 0. The van der Waals surface area contributed by atoms with E-state index in [1.807, 2.05) is 32.0 Å². The number of aliphatic hydroxyl groups is 1. The summed E-state index contributed by atoms with van der Waals surface area (Å²) in [6.07, 6.45) is -0.0157. The van der Waals surface area contributed by atoms with E-state index < -0.39 is 17.7 Å². The Morgan fingerprint density at radius 2 is 1.69 bits per heavy atom. The normalized spacial score (nSPS) is 17.5. The Labute approximate surface area is 201 Å². The summed E-state index contributed by atoms with van der Waals surface area (Å²) in [5, 5.41) is 21.0. The van der Waals surface area contributed by atoms with Gasteiger partial charge in [0, 0.05) is 5.56 Å². The van der Waals surface area contributed by atoms with Crippen molar-refractivity contribution in [1.29, 1.82) is 0 Å². The number of para-hydroxylation sites is 2. The third-order valence-electron chi connectivity index (χ3n) is 5.76. The number of hydrogen-bond acceptors (Lipinski definition) is 6. The van der Waals surface area contributed by atoms with Crippen molar-refractivity contribution >= 4 is 34.4 Å². The number of hydrogen-bond donors (Lipinski definition) is 3. The van der Waals surface area contributed by atoms with Crippen molar-refractivity contribution in [3.63, 3.8) is 0 Å². The third-order valence-corrected chi connectivity index (χ3v) is 5.76. The molecule has 1 aliphatic rings. The highest BCUT2D eigenvalue weighted by molar-refractivity contribution is 6.51. The molecule has 4 aromatic rings. The van der Waals surface area contributed by atoms with Crippen LogP contribution in [0.1, 0.15) is 31.0 Å². The molecule has 1 fully saturated rings. The number of nitrogens with zero attached hydrogens (tertiary/aromatic N) is 2. The van der Waals surface area contributed by atoms with Gasteiger partial charge in [-0.25, -0.2) is 4.98 Å². The van der Waals surface area contributed by atoms with E-state index in [1.165, 1.54) is 17.0 Å². The number of imidazole rings is 1. The number of carbonyl (C=O) groups excluding carboxylic acids is 2. The molecule has 8 heteroatoms. The van der Waals surface area contributed by atoms with E-state index in [0.29, 0.717) is 27.9 Å². The van der Waals surface area contributed by atoms with E-state index in [4.69, 9.17) is 4.74 Å². The smallest absolute Gasteiger partial charge is 0.302 e. The van der Waals surface area contributed by atoms with Gasteiger partial charge in [-0.3, -0.25) is 14.5 Å². The van der Waals surface area contributed by atoms with Crippen LogP contribution in [-0.4, -0.2) is 38.0 Å². The van der Waals surface area contributed by atoms with Crippen LogP contribution >= 0.6 is 0 Å². The molecule has 1 aromatic heterocycles. The number of ketones is 1. The molecule has 3 N–H and O–H groups in total. The highest BCUT2D eigenvalue weighted by Crippen LogP contribution is 2.42. The number of anilines is 1. The number of aromatic nitrogens is 2. The van der Waals surface area contributed by atoms with Gasteiger partial charge in [-0.15, -0.1) is 0 Å². The van der Waals surface area contributed by atoms with Crippen LogP contribution < -0.4 is 9.64 Å². The van der Waals surface area contributed by atoms with Crippen molar-refractivity contribution < 1.29 is 24.5 Å². The van der Waals surface area contributed by atoms with Crippen LogP contribution in [0.15, 0.2) is 78.4 Å². The minimum atomic E-state index is -0.956. The van der Waals surface area contributed by atoms with Crippen molar-refractivity contribution in [1.82, 2.24) is 9.97 Å². The summed E-state index contributed by atoms with van der Waals surface area (Å²) in [6, 6.07) is 19.1. The molecule has 3 aromatic carbocycles. The fraction of sp³-hybridized carbons (Fsp3) is 0.148. The molecule has 1 unspecified atom stereocenters. The molecule has 1 aliphatic heterocycles. The molecule has 1 atom stereocenters. The summed E-state index contributed by atoms with van der Waals surface area (Å²) in [4.78, 5) is 35.4. The Kier molecular flexibility index (Phi) is 5.49. The Balaban J connectivity index is 1.66. The van der Waals surface area contributed by atoms with E-state index in [9.17, 15) is 19.8 Å². The lowest BCUT2D eigenvalue weighted by atomic mass is 9.95. The number of aromatic hydroxyl groups is 1. The Hall–Kier alpha value is -4.59. The van der Waals surface area contributed by atoms with Gasteiger partial charge >= 0.3 is 5.91 Å². The SMILES string of the molecule is CC(C)Oc1ccc(/C(O)=C2\C(=O)C(=O)N(c3nc4ccccc4[nH]3)C2c2ccc(O)cc2)cc1. The van der Waals surface area contributed by atoms with Crippen LogP contribution in [0, 0.1) is 0 Å². The van der Waals surface area contributed by atoms with Gasteiger partial charge in [0.15, 0.2) is 0 Å². The molecule has 1 saturated heterocycles. The van der Waals surface area contributed by atoms with Gasteiger partial charge in [-0.1, -0.05) is 24.3 Å². The second-order valence-electron chi connectivity index (χ2n) is 8.53. The van der Waals surface area contributed by atoms with Gasteiger partial charge in [0.1, 0.15) is 17.3 Å². The monoisotopic (exact) mass is 469 g/mol. The topological polar surface area (TPSA) is 116 Å². The average Bonchev–Trinajstić information content (AvgIpc) is 3.38. The van der Waals surface area contributed by atoms with E-state index in [2.05, 4.69) is 9.97 Å². The Morgan fingerprint density at radius 3 is 2.34 bits per heavy atom. The number of phenolic OH excluding ortho intramolecular Hbond substituents is 1. The third kappa shape index (κ3) is 3.99. The first-order valence-corrected chi connectivity index (χ1v) is 11.2. The maximum atomic E-state index is 13.3. The zero-order valence-corrected chi connectivity index (χ0v) is 19.1. The number of aromatic amines is 1. The largest absolute Gasteiger partial charge is 0.508 e. The van der Waals surface area contributed by atoms with E-state index in [1.54, 1.807) is 42.5 Å². The van der Waals surface area contributed by atoms with Crippen molar-refractivity contribution in [2.45, 2.75) is 26.0 Å². The number of carbonyl (C=O) groups is 2. The molecule has 8 nitrogen and oxygen atoms in total. The lowest BCUT2D eigenvalue weighted by Crippen LogP contribution is -2.30. The summed E-state index contributed by atoms with van der Waals surface area (Å²) in [7, 11) is 0. The number of aliphatic hydroxyl groups excluding tert-OH is 1. The van der Waals surface area contributed by atoms with Crippen molar-refractivity contribution in [3.05, 3.63) is 89.5 Å². The van der Waals surface area contributed by atoms with Crippen LogP contribution in [0.5, 0.6) is 11.5 Å². The molecular weight excluding hydrogens is 446 g/mol. The molecular formula is C27H23N3O5. The molecule has 0 saturated carbocycles.